The van der Waals surface area contributed by atoms with E-state index < -0.39 is 11.9 Å². The third-order valence-electron chi connectivity index (χ3n) is 4.66. The van der Waals surface area contributed by atoms with Gasteiger partial charge in [-0.15, -0.1) is 0 Å². The second-order valence-corrected chi connectivity index (χ2v) is 6.79. The van der Waals surface area contributed by atoms with Crippen molar-refractivity contribution in [2.45, 2.75) is 12.5 Å². The van der Waals surface area contributed by atoms with Crippen molar-refractivity contribution >= 4 is 5.91 Å². The highest BCUT2D eigenvalue weighted by atomic mass is 19.1. The van der Waals surface area contributed by atoms with Gasteiger partial charge in [0.2, 0.25) is 0 Å². The van der Waals surface area contributed by atoms with E-state index in [1.165, 1.54) is 30.5 Å². The highest BCUT2D eigenvalue weighted by molar-refractivity contribution is 5.94. The number of carbonyl (C=O) groups is 1. The number of nitrogens with one attached hydrogen (secondary N) is 1. The predicted molar refractivity (Wildman–Crippen MR) is 108 cm³/mol. The SMILES string of the molecule is O=C(NC(Cc1cccc(F)c1)c1cccc(F)c1)c1ccc(-n2ccnc2)nc1. The van der Waals surface area contributed by atoms with E-state index in [9.17, 15) is 13.6 Å². The van der Waals surface area contributed by atoms with E-state index >= 15 is 0 Å². The predicted octanol–water partition coefficient (Wildman–Crippen LogP) is 4.26. The number of nitrogens with zero attached hydrogens (tertiary/aromatic N) is 3. The highest BCUT2D eigenvalue weighted by Crippen LogP contribution is 2.21. The van der Waals surface area contributed by atoms with E-state index in [-0.39, 0.29) is 11.7 Å². The fraction of sp³-hybridized carbons (Fsp3) is 0.0870. The molecule has 0 aliphatic carbocycles. The van der Waals surface area contributed by atoms with Crippen LogP contribution in [0.15, 0.2) is 85.6 Å². The Hall–Kier alpha value is -3.87. The Balaban J connectivity index is 1.56. The summed E-state index contributed by atoms with van der Waals surface area (Å²) in [6, 6.07) is 15.0. The number of pyridine rings is 1. The van der Waals surface area contributed by atoms with Crippen LogP contribution in [0.3, 0.4) is 0 Å². The Kier molecular flexibility index (Phi) is 5.61. The van der Waals surface area contributed by atoms with Gasteiger partial charge in [-0.25, -0.2) is 18.7 Å². The number of benzene rings is 2. The number of hydrogen-bond acceptors (Lipinski definition) is 3. The summed E-state index contributed by atoms with van der Waals surface area (Å²) in [4.78, 5) is 21.1. The summed E-state index contributed by atoms with van der Waals surface area (Å²) in [7, 11) is 0. The van der Waals surface area contributed by atoms with Gasteiger partial charge in [0, 0.05) is 18.6 Å². The van der Waals surface area contributed by atoms with E-state index in [4.69, 9.17) is 0 Å². The molecule has 0 saturated carbocycles. The first-order valence-electron chi connectivity index (χ1n) is 9.33. The summed E-state index contributed by atoms with van der Waals surface area (Å²) in [5, 5.41) is 2.91. The van der Waals surface area contributed by atoms with Crippen molar-refractivity contribution in [2.24, 2.45) is 0 Å². The molecule has 5 nitrogen and oxygen atoms in total. The summed E-state index contributed by atoms with van der Waals surface area (Å²) >= 11 is 0. The molecule has 4 aromatic rings. The van der Waals surface area contributed by atoms with Gasteiger partial charge in [0.15, 0.2) is 0 Å². The molecule has 4 rings (SSSR count). The van der Waals surface area contributed by atoms with Gasteiger partial charge in [-0.3, -0.25) is 9.36 Å². The van der Waals surface area contributed by atoms with Crippen molar-refractivity contribution in [3.8, 4) is 5.82 Å². The molecule has 150 valence electrons. The van der Waals surface area contributed by atoms with Gasteiger partial charge in [0.1, 0.15) is 23.8 Å². The maximum Gasteiger partial charge on any atom is 0.253 e. The topological polar surface area (TPSA) is 59.8 Å². The molecule has 30 heavy (non-hydrogen) atoms. The smallest absolute Gasteiger partial charge is 0.253 e. The number of hydrogen-bond donors (Lipinski definition) is 1. The zero-order valence-electron chi connectivity index (χ0n) is 15.9. The average Bonchev–Trinajstić information content (AvgIpc) is 3.28. The minimum absolute atomic E-state index is 0.313. The molecule has 1 unspecified atom stereocenters. The second-order valence-electron chi connectivity index (χ2n) is 6.79. The molecule has 1 N–H and O–H groups in total. The molecule has 0 aliphatic rings. The van der Waals surface area contributed by atoms with Crippen LogP contribution < -0.4 is 5.32 Å². The van der Waals surface area contributed by atoms with Crippen LogP contribution in [-0.4, -0.2) is 20.4 Å². The first kappa shape index (κ1) is 19.4. The average molecular weight is 404 g/mol. The van der Waals surface area contributed by atoms with Crippen LogP contribution >= 0.6 is 0 Å². The second kappa shape index (κ2) is 8.65. The maximum absolute atomic E-state index is 13.8. The molecule has 2 aromatic carbocycles. The molecule has 1 amide bonds. The fourth-order valence-corrected chi connectivity index (χ4v) is 3.18. The summed E-state index contributed by atoms with van der Waals surface area (Å²) in [5.41, 5.74) is 1.65. The zero-order valence-corrected chi connectivity index (χ0v) is 15.9. The lowest BCUT2D eigenvalue weighted by Gasteiger charge is -2.20. The first-order chi connectivity index (χ1) is 14.6. The number of carbonyl (C=O) groups excluding carboxylic acids is 1. The molecule has 1 atom stereocenters. The van der Waals surface area contributed by atoms with Crippen LogP contribution in [-0.2, 0) is 6.42 Å². The molecule has 0 bridgehead atoms. The Bertz CT molecular complexity index is 1140. The van der Waals surface area contributed by atoms with E-state index in [0.29, 0.717) is 28.9 Å². The van der Waals surface area contributed by atoms with Gasteiger partial charge in [-0.2, -0.15) is 0 Å². The van der Waals surface area contributed by atoms with Gasteiger partial charge in [-0.05, 0) is 53.9 Å². The summed E-state index contributed by atoms with van der Waals surface area (Å²) in [5.74, 6) is -0.496. The Morgan fingerprint density at radius 2 is 1.83 bits per heavy atom. The van der Waals surface area contributed by atoms with Crippen molar-refractivity contribution in [3.05, 3.63) is 114 Å². The molecule has 0 radical (unpaired) electrons. The van der Waals surface area contributed by atoms with Gasteiger partial charge in [0.05, 0.1) is 11.6 Å². The highest BCUT2D eigenvalue weighted by Gasteiger charge is 2.18. The third-order valence-corrected chi connectivity index (χ3v) is 4.66. The standard InChI is InChI=1S/C23H18F2N4O/c24-19-5-1-3-16(11-19)12-21(17-4-2-6-20(25)13-17)28-23(30)18-7-8-22(27-14-18)29-10-9-26-15-29/h1-11,13-15,21H,12H2,(H,28,30). The van der Waals surface area contributed by atoms with Gasteiger partial charge in [-0.1, -0.05) is 24.3 Å². The van der Waals surface area contributed by atoms with Crippen molar-refractivity contribution < 1.29 is 13.6 Å². The molecule has 2 heterocycles. The Morgan fingerprint density at radius 3 is 2.50 bits per heavy atom. The Labute approximate surface area is 172 Å². The molecule has 0 saturated heterocycles. The molecule has 7 heteroatoms. The van der Waals surface area contributed by atoms with Crippen LogP contribution in [0.25, 0.3) is 5.82 Å². The molecule has 0 spiro atoms. The normalized spacial score (nSPS) is 11.8. The summed E-state index contributed by atoms with van der Waals surface area (Å²) in [6.07, 6.45) is 6.78. The number of aromatic nitrogens is 3. The molecular weight excluding hydrogens is 386 g/mol. The zero-order chi connectivity index (χ0) is 20.9. The lowest BCUT2D eigenvalue weighted by atomic mass is 9.98. The Morgan fingerprint density at radius 1 is 1.03 bits per heavy atom. The van der Waals surface area contributed by atoms with Crippen molar-refractivity contribution in [1.29, 1.82) is 0 Å². The fourth-order valence-electron chi connectivity index (χ4n) is 3.18. The largest absolute Gasteiger partial charge is 0.345 e. The lowest BCUT2D eigenvalue weighted by molar-refractivity contribution is 0.0936. The summed E-state index contributed by atoms with van der Waals surface area (Å²) in [6.45, 7) is 0. The minimum Gasteiger partial charge on any atom is -0.345 e. The van der Waals surface area contributed by atoms with Crippen molar-refractivity contribution in [2.75, 3.05) is 0 Å². The minimum atomic E-state index is -0.539. The van der Waals surface area contributed by atoms with Crippen LogP contribution in [0, 0.1) is 11.6 Å². The lowest BCUT2D eigenvalue weighted by Crippen LogP contribution is -2.30. The molecule has 2 aromatic heterocycles. The van der Waals surface area contributed by atoms with Crippen LogP contribution in [0.5, 0.6) is 0 Å². The number of rotatable bonds is 6. The van der Waals surface area contributed by atoms with Crippen molar-refractivity contribution in [3.63, 3.8) is 0 Å². The number of halogens is 2. The first-order valence-corrected chi connectivity index (χ1v) is 9.33. The number of amides is 1. The van der Waals surface area contributed by atoms with Crippen LogP contribution in [0.4, 0.5) is 8.78 Å². The van der Waals surface area contributed by atoms with E-state index in [1.807, 2.05) is 0 Å². The molecule has 0 aliphatic heterocycles. The number of imidazole rings is 1. The van der Waals surface area contributed by atoms with Crippen LogP contribution in [0.2, 0.25) is 0 Å². The van der Waals surface area contributed by atoms with Gasteiger partial charge >= 0.3 is 0 Å². The molecule has 0 fully saturated rings. The van der Waals surface area contributed by atoms with Gasteiger partial charge in [0.25, 0.3) is 5.91 Å². The summed E-state index contributed by atoms with van der Waals surface area (Å²) < 4.78 is 29.1. The van der Waals surface area contributed by atoms with E-state index in [1.54, 1.807) is 59.7 Å². The maximum atomic E-state index is 13.8. The van der Waals surface area contributed by atoms with Crippen molar-refractivity contribution in [1.82, 2.24) is 19.9 Å². The van der Waals surface area contributed by atoms with E-state index in [2.05, 4.69) is 15.3 Å². The quantitative estimate of drug-likeness (QED) is 0.522. The van der Waals surface area contributed by atoms with Crippen LogP contribution in [0.1, 0.15) is 27.5 Å². The van der Waals surface area contributed by atoms with Gasteiger partial charge < -0.3 is 5.32 Å². The third kappa shape index (κ3) is 4.57. The monoisotopic (exact) mass is 404 g/mol. The molecular formula is C23H18F2N4O. The van der Waals surface area contributed by atoms with E-state index in [0.717, 1.165) is 0 Å².